The average molecular weight is 379 g/mol. The van der Waals surface area contributed by atoms with E-state index in [-0.39, 0.29) is 23.6 Å². The molecule has 1 amide bonds. The van der Waals surface area contributed by atoms with Crippen molar-refractivity contribution < 1.29 is 9.53 Å². The van der Waals surface area contributed by atoms with E-state index in [9.17, 15) is 4.79 Å². The Morgan fingerprint density at radius 2 is 2.21 bits per heavy atom. The third-order valence-corrected chi connectivity index (χ3v) is 4.76. The van der Waals surface area contributed by atoms with Crippen LogP contribution in [0.5, 0.6) is 5.75 Å². The number of ether oxygens (including phenoxy) is 1. The highest BCUT2D eigenvalue weighted by atomic mass is 16.5. The maximum absolute atomic E-state index is 12.4. The van der Waals surface area contributed by atoms with Gasteiger partial charge in [0.2, 0.25) is 0 Å². The third-order valence-electron chi connectivity index (χ3n) is 4.76. The number of anilines is 2. The molecule has 2 aromatic heterocycles. The molecule has 28 heavy (non-hydrogen) atoms. The lowest BCUT2D eigenvalue weighted by Gasteiger charge is -2.35. The fraction of sp³-hybridized carbons (Fsp3) is 0.263. The van der Waals surface area contributed by atoms with Crippen LogP contribution in [0, 0.1) is 0 Å². The van der Waals surface area contributed by atoms with Gasteiger partial charge in [-0.15, -0.1) is 0 Å². The molecule has 1 aliphatic rings. The zero-order chi connectivity index (χ0) is 19.5. The van der Waals surface area contributed by atoms with Gasteiger partial charge in [0.15, 0.2) is 11.5 Å². The lowest BCUT2D eigenvalue weighted by molar-refractivity contribution is 0.102. The highest BCUT2D eigenvalue weighted by Gasteiger charge is 2.30. The summed E-state index contributed by atoms with van der Waals surface area (Å²) in [4.78, 5) is 20.3. The Hall–Kier alpha value is -3.46. The zero-order valence-electron chi connectivity index (χ0n) is 15.4. The molecule has 4 rings (SSSR count). The van der Waals surface area contributed by atoms with Crippen LogP contribution in [0.3, 0.4) is 0 Å². The van der Waals surface area contributed by atoms with Crippen LogP contribution >= 0.6 is 0 Å². The lowest BCUT2D eigenvalue weighted by atomic mass is 9.92. The van der Waals surface area contributed by atoms with Gasteiger partial charge in [0, 0.05) is 24.6 Å². The first-order chi connectivity index (χ1) is 13.7. The smallest absolute Gasteiger partial charge is 0.278 e. The molecule has 3 heterocycles. The number of nitrogens with two attached hydrogens (primary N) is 1. The molecule has 4 N–H and O–H groups in total. The second-order valence-corrected chi connectivity index (χ2v) is 6.52. The summed E-state index contributed by atoms with van der Waals surface area (Å²) in [5.41, 5.74) is 7.44. The fourth-order valence-electron chi connectivity index (χ4n) is 3.24. The number of nitrogens with zero attached hydrogens (tertiary/aromatic N) is 4. The third kappa shape index (κ3) is 3.52. The van der Waals surface area contributed by atoms with Crippen LogP contribution in [-0.2, 0) is 0 Å². The Morgan fingerprint density at radius 3 is 2.93 bits per heavy atom. The minimum Gasteiger partial charge on any atom is -0.497 e. The SMILES string of the molecule is COc1cccc(C([C@@H]2CCN2)n2cc(NC(=O)c3nccnc3N)cn2)c1. The van der Waals surface area contributed by atoms with Gasteiger partial charge in [0.1, 0.15) is 5.75 Å². The Balaban J connectivity index is 1.58. The van der Waals surface area contributed by atoms with E-state index in [2.05, 4.69) is 25.7 Å². The van der Waals surface area contributed by atoms with Gasteiger partial charge in [-0.25, -0.2) is 9.97 Å². The standard InChI is InChI=1S/C19H21N7O2/c1-28-14-4-2-3-12(9-14)17(15-5-6-21-15)26-11-13(10-24-26)25-19(27)16-18(20)23-8-7-22-16/h2-4,7-11,15,17,21H,5-6H2,1H3,(H2,20,23)(H,25,27)/t15-,17?/m0/s1. The fourth-order valence-corrected chi connectivity index (χ4v) is 3.24. The van der Waals surface area contributed by atoms with Crippen LogP contribution in [0.4, 0.5) is 11.5 Å². The van der Waals surface area contributed by atoms with E-state index in [0.717, 1.165) is 24.3 Å². The summed E-state index contributed by atoms with van der Waals surface area (Å²) in [6.45, 7) is 0.974. The molecular weight excluding hydrogens is 358 g/mol. The van der Waals surface area contributed by atoms with Crippen molar-refractivity contribution in [1.29, 1.82) is 0 Å². The average Bonchev–Trinajstić information content (AvgIpc) is 3.12. The molecule has 1 unspecified atom stereocenters. The molecule has 9 nitrogen and oxygen atoms in total. The molecule has 2 atom stereocenters. The molecule has 0 radical (unpaired) electrons. The van der Waals surface area contributed by atoms with E-state index in [1.807, 2.05) is 28.9 Å². The first-order valence-electron chi connectivity index (χ1n) is 8.95. The predicted octanol–water partition coefficient (Wildman–Crippen LogP) is 1.47. The van der Waals surface area contributed by atoms with Crippen molar-refractivity contribution in [2.45, 2.75) is 18.5 Å². The molecule has 0 saturated carbocycles. The van der Waals surface area contributed by atoms with Crippen molar-refractivity contribution >= 4 is 17.4 Å². The van der Waals surface area contributed by atoms with Crippen LogP contribution in [0.25, 0.3) is 0 Å². The van der Waals surface area contributed by atoms with E-state index in [1.54, 1.807) is 19.5 Å². The van der Waals surface area contributed by atoms with E-state index < -0.39 is 5.91 Å². The highest BCUT2D eigenvalue weighted by Crippen LogP contribution is 2.30. The molecule has 0 spiro atoms. The van der Waals surface area contributed by atoms with E-state index in [0.29, 0.717) is 5.69 Å². The summed E-state index contributed by atoms with van der Waals surface area (Å²) < 4.78 is 7.21. The number of nitrogen functional groups attached to an aromatic ring is 1. The maximum Gasteiger partial charge on any atom is 0.278 e. The van der Waals surface area contributed by atoms with Gasteiger partial charge in [-0.2, -0.15) is 5.10 Å². The van der Waals surface area contributed by atoms with Crippen molar-refractivity contribution in [2.24, 2.45) is 0 Å². The van der Waals surface area contributed by atoms with Crippen molar-refractivity contribution in [1.82, 2.24) is 25.1 Å². The largest absolute Gasteiger partial charge is 0.497 e. The summed E-state index contributed by atoms with van der Waals surface area (Å²) >= 11 is 0. The molecule has 3 aromatic rings. The minimum absolute atomic E-state index is 0.0175. The summed E-state index contributed by atoms with van der Waals surface area (Å²) in [6.07, 6.45) is 7.31. The van der Waals surface area contributed by atoms with Crippen molar-refractivity contribution in [3.8, 4) is 5.75 Å². The van der Waals surface area contributed by atoms with E-state index >= 15 is 0 Å². The molecular formula is C19H21N7O2. The van der Waals surface area contributed by atoms with Crippen molar-refractivity contribution in [2.75, 3.05) is 24.7 Å². The predicted molar refractivity (Wildman–Crippen MR) is 104 cm³/mol. The molecule has 144 valence electrons. The van der Waals surface area contributed by atoms with Crippen LogP contribution < -0.4 is 21.1 Å². The summed E-state index contributed by atoms with van der Waals surface area (Å²) in [7, 11) is 1.65. The summed E-state index contributed by atoms with van der Waals surface area (Å²) in [6, 6.07) is 8.16. The number of hydrogen-bond acceptors (Lipinski definition) is 7. The number of rotatable bonds is 6. The molecule has 0 aliphatic carbocycles. The molecule has 0 bridgehead atoms. The molecule has 1 aliphatic heterocycles. The van der Waals surface area contributed by atoms with Gasteiger partial charge < -0.3 is 21.1 Å². The number of hydrogen-bond donors (Lipinski definition) is 3. The van der Waals surface area contributed by atoms with E-state index in [1.165, 1.54) is 12.4 Å². The van der Waals surface area contributed by atoms with Crippen LogP contribution in [0.1, 0.15) is 28.5 Å². The monoisotopic (exact) mass is 379 g/mol. The van der Waals surface area contributed by atoms with Crippen LogP contribution in [0.2, 0.25) is 0 Å². The van der Waals surface area contributed by atoms with E-state index in [4.69, 9.17) is 10.5 Å². The maximum atomic E-state index is 12.4. The van der Waals surface area contributed by atoms with Crippen molar-refractivity contribution in [3.05, 3.63) is 60.3 Å². The van der Waals surface area contributed by atoms with Gasteiger partial charge in [-0.3, -0.25) is 9.48 Å². The van der Waals surface area contributed by atoms with Gasteiger partial charge >= 0.3 is 0 Å². The van der Waals surface area contributed by atoms with Crippen LogP contribution in [0.15, 0.2) is 49.1 Å². The van der Waals surface area contributed by atoms with Crippen LogP contribution in [-0.4, -0.2) is 45.4 Å². The summed E-state index contributed by atoms with van der Waals surface area (Å²) in [5, 5.41) is 10.7. The molecule has 1 fully saturated rings. The Kier molecular flexibility index (Phi) is 4.90. The second-order valence-electron chi connectivity index (χ2n) is 6.52. The number of nitrogens with one attached hydrogen (secondary N) is 2. The highest BCUT2D eigenvalue weighted by molar-refractivity contribution is 6.05. The normalized spacial score (nSPS) is 16.8. The van der Waals surface area contributed by atoms with Gasteiger partial charge in [0.05, 0.1) is 25.0 Å². The zero-order valence-corrected chi connectivity index (χ0v) is 15.4. The van der Waals surface area contributed by atoms with Gasteiger partial charge in [-0.05, 0) is 30.7 Å². The molecule has 1 saturated heterocycles. The number of carbonyl (C=O) groups excluding carboxylic acids is 1. The Morgan fingerprint density at radius 1 is 1.39 bits per heavy atom. The second kappa shape index (κ2) is 7.65. The topological polar surface area (TPSA) is 120 Å². The first kappa shape index (κ1) is 17.9. The number of benzene rings is 1. The van der Waals surface area contributed by atoms with Crippen molar-refractivity contribution in [3.63, 3.8) is 0 Å². The lowest BCUT2D eigenvalue weighted by Crippen LogP contribution is -2.49. The van der Waals surface area contributed by atoms with Gasteiger partial charge in [-0.1, -0.05) is 12.1 Å². The summed E-state index contributed by atoms with van der Waals surface area (Å²) in [5.74, 6) is 0.450. The minimum atomic E-state index is -0.426. The number of methoxy groups -OCH3 is 1. The molecule has 9 heteroatoms. The quantitative estimate of drug-likeness (QED) is 0.593. The number of amides is 1. The number of carbonyl (C=O) groups is 1. The first-order valence-corrected chi connectivity index (χ1v) is 8.95. The Labute approximate surface area is 161 Å². The Bertz CT molecular complexity index is 984. The number of aromatic nitrogens is 4. The molecule has 1 aromatic carbocycles. The van der Waals surface area contributed by atoms with Gasteiger partial charge in [0.25, 0.3) is 5.91 Å².